The molecule has 1 heteroatoms. The standard InChI is InChI=1S/C19H20O/c1-3-20-19-15-9-8-14-18(19)13-7-6-12-17-11-5-4-10-16(17)2/h4-15H,3H2,1-2H3/b12-6+,13-7+. The quantitative estimate of drug-likeness (QED) is 0.681. The zero-order valence-corrected chi connectivity index (χ0v) is 12.0. The van der Waals surface area contributed by atoms with Gasteiger partial charge in [-0.15, -0.1) is 0 Å². The van der Waals surface area contributed by atoms with Crippen molar-refractivity contribution in [2.24, 2.45) is 0 Å². The highest BCUT2D eigenvalue weighted by Gasteiger charge is 1.96. The van der Waals surface area contributed by atoms with Crippen molar-refractivity contribution in [3.63, 3.8) is 0 Å². The van der Waals surface area contributed by atoms with Gasteiger partial charge in [-0.1, -0.05) is 66.8 Å². The van der Waals surface area contributed by atoms with Crippen molar-refractivity contribution < 1.29 is 4.74 Å². The molecule has 2 aromatic carbocycles. The molecule has 1 nitrogen and oxygen atoms in total. The van der Waals surface area contributed by atoms with E-state index in [1.807, 2.05) is 31.2 Å². The summed E-state index contributed by atoms with van der Waals surface area (Å²) < 4.78 is 5.60. The summed E-state index contributed by atoms with van der Waals surface area (Å²) >= 11 is 0. The molecule has 0 radical (unpaired) electrons. The minimum absolute atomic E-state index is 0.684. The average molecular weight is 264 g/mol. The molecule has 0 fully saturated rings. The predicted molar refractivity (Wildman–Crippen MR) is 86.9 cm³/mol. The van der Waals surface area contributed by atoms with Gasteiger partial charge in [0.05, 0.1) is 6.61 Å². The van der Waals surface area contributed by atoms with E-state index < -0.39 is 0 Å². The highest BCUT2D eigenvalue weighted by atomic mass is 16.5. The van der Waals surface area contributed by atoms with E-state index in [1.165, 1.54) is 11.1 Å². The van der Waals surface area contributed by atoms with Crippen LogP contribution in [0.4, 0.5) is 0 Å². The summed E-state index contributed by atoms with van der Waals surface area (Å²) in [5.41, 5.74) is 3.63. The Bertz CT molecular complexity index is 609. The zero-order valence-electron chi connectivity index (χ0n) is 12.0. The average Bonchev–Trinajstić information content (AvgIpc) is 2.47. The molecule has 2 aromatic rings. The first-order chi connectivity index (χ1) is 9.81. The summed E-state index contributed by atoms with van der Waals surface area (Å²) in [5.74, 6) is 0.926. The molecule has 2 rings (SSSR count). The Morgan fingerprint density at radius 1 is 0.850 bits per heavy atom. The third-order valence-corrected chi connectivity index (χ3v) is 3.07. The summed E-state index contributed by atoms with van der Waals surface area (Å²) in [6.07, 6.45) is 8.30. The normalized spacial score (nSPS) is 11.3. The second-order valence-corrected chi connectivity index (χ2v) is 4.55. The molecule has 0 saturated carbocycles. The molecule has 0 N–H and O–H groups in total. The number of para-hydroxylation sites is 1. The molecule has 102 valence electrons. The fraction of sp³-hybridized carbons (Fsp3) is 0.158. The van der Waals surface area contributed by atoms with Gasteiger partial charge in [-0.3, -0.25) is 0 Å². The number of hydrogen-bond donors (Lipinski definition) is 0. The summed E-state index contributed by atoms with van der Waals surface area (Å²) in [6, 6.07) is 16.4. The third-order valence-electron chi connectivity index (χ3n) is 3.07. The molecule has 0 aromatic heterocycles. The van der Waals surface area contributed by atoms with Crippen molar-refractivity contribution in [2.45, 2.75) is 13.8 Å². The van der Waals surface area contributed by atoms with Crippen LogP contribution in [0.15, 0.2) is 60.7 Å². The van der Waals surface area contributed by atoms with E-state index in [2.05, 4.69) is 55.5 Å². The van der Waals surface area contributed by atoms with Crippen molar-refractivity contribution >= 4 is 12.2 Å². The molecule has 0 unspecified atom stereocenters. The molecule has 20 heavy (non-hydrogen) atoms. The third kappa shape index (κ3) is 3.86. The van der Waals surface area contributed by atoms with Crippen LogP contribution in [0.25, 0.3) is 12.2 Å². The smallest absolute Gasteiger partial charge is 0.126 e. The number of hydrogen-bond acceptors (Lipinski definition) is 1. The second kappa shape index (κ2) is 7.34. The van der Waals surface area contributed by atoms with Crippen LogP contribution in [0.5, 0.6) is 5.75 Å². The molecule has 0 aliphatic rings. The fourth-order valence-electron chi connectivity index (χ4n) is 2.00. The first kappa shape index (κ1) is 14.1. The monoisotopic (exact) mass is 264 g/mol. The summed E-state index contributed by atoms with van der Waals surface area (Å²) in [7, 11) is 0. The Morgan fingerprint density at radius 2 is 1.45 bits per heavy atom. The van der Waals surface area contributed by atoms with E-state index in [0.29, 0.717) is 6.61 Å². The largest absolute Gasteiger partial charge is 0.493 e. The molecule has 0 bridgehead atoms. The van der Waals surface area contributed by atoms with Gasteiger partial charge in [0.25, 0.3) is 0 Å². The number of rotatable bonds is 5. The van der Waals surface area contributed by atoms with Crippen LogP contribution in [-0.2, 0) is 0 Å². The Kier molecular flexibility index (Phi) is 5.19. The lowest BCUT2D eigenvalue weighted by Crippen LogP contribution is -1.92. The van der Waals surface area contributed by atoms with Gasteiger partial charge in [0.2, 0.25) is 0 Å². The van der Waals surface area contributed by atoms with E-state index in [-0.39, 0.29) is 0 Å². The Labute approximate surface area is 121 Å². The maximum atomic E-state index is 5.60. The van der Waals surface area contributed by atoms with Crippen molar-refractivity contribution in [1.82, 2.24) is 0 Å². The lowest BCUT2D eigenvalue weighted by Gasteiger charge is -2.05. The topological polar surface area (TPSA) is 9.23 Å². The van der Waals surface area contributed by atoms with Crippen molar-refractivity contribution in [3.8, 4) is 5.75 Å². The lowest BCUT2D eigenvalue weighted by molar-refractivity contribution is 0.339. The van der Waals surface area contributed by atoms with Gasteiger partial charge in [-0.2, -0.15) is 0 Å². The first-order valence-corrected chi connectivity index (χ1v) is 6.93. The van der Waals surface area contributed by atoms with Crippen LogP contribution in [0.3, 0.4) is 0 Å². The predicted octanol–water partition coefficient (Wildman–Crippen LogP) is 5.12. The van der Waals surface area contributed by atoms with Gasteiger partial charge in [0.15, 0.2) is 0 Å². The Hall–Kier alpha value is -2.28. The number of aryl methyl sites for hydroxylation is 1. The highest BCUT2D eigenvalue weighted by molar-refractivity contribution is 5.62. The van der Waals surface area contributed by atoms with E-state index >= 15 is 0 Å². The van der Waals surface area contributed by atoms with Crippen LogP contribution in [0, 0.1) is 6.92 Å². The second-order valence-electron chi connectivity index (χ2n) is 4.55. The van der Waals surface area contributed by atoms with Crippen LogP contribution < -0.4 is 4.74 Å². The van der Waals surface area contributed by atoms with Gasteiger partial charge in [-0.25, -0.2) is 0 Å². The van der Waals surface area contributed by atoms with Crippen molar-refractivity contribution in [3.05, 3.63) is 77.4 Å². The molecule has 0 heterocycles. The SMILES string of the molecule is CCOc1ccccc1/C=C/C=C/c1ccccc1C. The van der Waals surface area contributed by atoms with Crippen LogP contribution in [0.1, 0.15) is 23.6 Å². The van der Waals surface area contributed by atoms with E-state index in [9.17, 15) is 0 Å². The molecule has 0 aliphatic carbocycles. The van der Waals surface area contributed by atoms with Gasteiger partial charge in [0, 0.05) is 5.56 Å². The van der Waals surface area contributed by atoms with Crippen molar-refractivity contribution in [1.29, 1.82) is 0 Å². The van der Waals surface area contributed by atoms with Gasteiger partial charge in [0.1, 0.15) is 5.75 Å². The molecule has 0 aliphatic heterocycles. The number of allylic oxidation sites excluding steroid dienone is 2. The van der Waals surface area contributed by atoms with E-state index in [0.717, 1.165) is 11.3 Å². The molecular formula is C19H20O. The van der Waals surface area contributed by atoms with Crippen LogP contribution >= 0.6 is 0 Å². The maximum Gasteiger partial charge on any atom is 0.126 e. The Balaban J connectivity index is 2.09. The minimum atomic E-state index is 0.684. The highest BCUT2D eigenvalue weighted by Crippen LogP contribution is 2.19. The zero-order chi connectivity index (χ0) is 14.2. The van der Waals surface area contributed by atoms with Crippen molar-refractivity contribution in [2.75, 3.05) is 6.61 Å². The summed E-state index contributed by atoms with van der Waals surface area (Å²) in [4.78, 5) is 0. The molecule has 0 spiro atoms. The van der Waals surface area contributed by atoms with Gasteiger partial charge >= 0.3 is 0 Å². The van der Waals surface area contributed by atoms with Gasteiger partial charge in [-0.05, 0) is 31.0 Å². The van der Waals surface area contributed by atoms with E-state index in [4.69, 9.17) is 4.74 Å². The molecular weight excluding hydrogens is 244 g/mol. The molecule has 0 saturated heterocycles. The summed E-state index contributed by atoms with van der Waals surface area (Å²) in [6.45, 7) is 4.80. The lowest BCUT2D eigenvalue weighted by atomic mass is 10.1. The van der Waals surface area contributed by atoms with Crippen LogP contribution in [0.2, 0.25) is 0 Å². The minimum Gasteiger partial charge on any atom is -0.493 e. The van der Waals surface area contributed by atoms with E-state index in [1.54, 1.807) is 0 Å². The fourth-order valence-corrected chi connectivity index (χ4v) is 2.00. The maximum absolute atomic E-state index is 5.60. The number of ether oxygens (including phenoxy) is 1. The summed E-state index contributed by atoms with van der Waals surface area (Å²) in [5, 5.41) is 0. The van der Waals surface area contributed by atoms with Crippen LogP contribution in [-0.4, -0.2) is 6.61 Å². The number of benzene rings is 2. The first-order valence-electron chi connectivity index (χ1n) is 6.93. The molecule has 0 atom stereocenters. The Morgan fingerprint density at radius 3 is 2.15 bits per heavy atom. The molecule has 0 amide bonds. The van der Waals surface area contributed by atoms with Gasteiger partial charge < -0.3 is 4.74 Å².